The predicted octanol–water partition coefficient (Wildman–Crippen LogP) is 1.61. The van der Waals surface area contributed by atoms with E-state index in [1.807, 2.05) is 24.9 Å². The third-order valence-corrected chi connectivity index (χ3v) is 4.10. The minimum absolute atomic E-state index is 0.0348. The van der Waals surface area contributed by atoms with Crippen LogP contribution in [0.4, 0.5) is 0 Å². The van der Waals surface area contributed by atoms with Crippen molar-refractivity contribution in [2.75, 3.05) is 20.1 Å². The van der Waals surface area contributed by atoms with Crippen LogP contribution in [0.15, 0.2) is 16.8 Å². The highest BCUT2D eigenvalue weighted by Crippen LogP contribution is 2.20. The lowest BCUT2D eigenvalue weighted by Gasteiger charge is -2.32. The normalized spacial score (nSPS) is 19.1. The van der Waals surface area contributed by atoms with Crippen molar-refractivity contribution in [2.24, 2.45) is 0 Å². The molecule has 112 valence electrons. The first-order valence-electron chi connectivity index (χ1n) is 7.43. The van der Waals surface area contributed by atoms with Crippen LogP contribution in [0.25, 0.3) is 11.1 Å². The Bertz CT molecular complexity index is 652. The molecule has 3 heterocycles. The highest BCUT2D eigenvalue weighted by Gasteiger charge is 2.24. The van der Waals surface area contributed by atoms with E-state index in [4.69, 9.17) is 4.52 Å². The van der Waals surface area contributed by atoms with E-state index in [9.17, 15) is 4.79 Å². The van der Waals surface area contributed by atoms with Crippen molar-refractivity contribution in [3.05, 3.63) is 23.5 Å². The van der Waals surface area contributed by atoms with Gasteiger partial charge in [0, 0.05) is 25.3 Å². The summed E-state index contributed by atoms with van der Waals surface area (Å²) in [5.41, 5.74) is 1.95. The lowest BCUT2D eigenvalue weighted by Crippen LogP contribution is -2.46. The maximum atomic E-state index is 12.6. The summed E-state index contributed by atoms with van der Waals surface area (Å²) in [5, 5.41) is 8.07. The van der Waals surface area contributed by atoms with Crippen LogP contribution >= 0.6 is 0 Å². The Morgan fingerprint density at radius 3 is 3.19 bits per heavy atom. The molecule has 0 spiro atoms. The Hall–Kier alpha value is -1.95. The molecule has 0 bridgehead atoms. The maximum absolute atomic E-state index is 12.6. The van der Waals surface area contributed by atoms with E-state index < -0.39 is 0 Å². The monoisotopic (exact) mass is 288 g/mol. The zero-order valence-electron chi connectivity index (χ0n) is 12.4. The number of amides is 1. The minimum atomic E-state index is 0.0348. The molecule has 1 aliphatic heterocycles. The standard InChI is InChI=1S/C15H20N4O2/c1-3-13-12-7-10(8-17-14(12)21-18-13)15(20)19-6-4-5-11(9-19)16-2/h7-8,11,16H,3-6,9H2,1-2H3. The molecule has 1 fully saturated rings. The quantitative estimate of drug-likeness (QED) is 0.929. The van der Waals surface area contributed by atoms with E-state index in [1.165, 1.54) is 0 Å². The second kappa shape index (κ2) is 5.81. The summed E-state index contributed by atoms with van der Waals surface area (Å²) < 4.78 is 5.16. The number of likely N-dealkylation sites (tertiary alicyclic amines) is 1. The van der Waals surface area contributed by atoms with Gasteiger partial charge >= 0.3 is 0 Å². The van der Waals surface area contributed by atoms with Crippen LogP contribution in [0.2, 0.25) is 0 Å². The number of aromatic nitrogens is 2. The highest BCUT2D eigenvalue weighted by molar-refractivity contribution is 5.97. The van der Waals surface area contributed by atoms with Gasteiger partial charge in [-0.3, -0.25) is 4.79 Å². The van der Waals surface area contributed by atoms with Crippen molar-refractivity contribution in [1.29, 1.82) is 0 Å². The molecule has 21 heavy (non-hydrogen) atoms. The lowest BCUT2D eigenvalue weighted by atomic mass is 10.0. The molecule has 1 saturated heterocycles. The Morgan fingerprint density at radius 2 is 2.43 bits per heavy atom. The molecule has 1 atom stereocenters. The summed E-state index contributed by atoms with van der Waals surface area (Å²) in [5.74, 6) is 0.0348. The minimum Gasteiger partial charge on any atom is -0.337 e. The van der Waals surface area contributed by atoms with Gasteiger partial charge in [-0.05, 0) is 32.4 Å². The molecule has 6 nitrogen and oxygen atoms in total. The zero-order chi connectivity index (χ0) is 14.8. The van der Waals surface area contributed by atoms with Crippen LogP contribution in [-0.4, -0.2) is 47.1 Å². The number of hydrogen-bond donors (Lipinski definition) is 1. The number of nitrogens with one attached hydrogen (secondary N) is 1. The number of likely N-dealkylation sites (N-methyl/N-ethyl adjacent to an activating group) is 1. The van der Waals surface area contributed by atoms with Gasteiger partial charge in [-0.25, -0.2) is 4.98 Å². The van der Waals surface area contributed by atoms with E-state index in [2.05, 4.69) is 15.5 Å². The SMILES string of the molecule is CCc1noc2ncc(C(=O)N3CCCC(NC)C3)cc12. The highest BCUT2D eigenvalue weighted by atomic mass is 16.5. The van der Waals surface area contributed by atoms with E-state index >= 15 is 0 Å². The number of hydrogen-bond acceptors (Lipinski definition) is 5. The molecule has 0 aliphatic carbocycles. The van der Waals surface area contributed by atoms with Gasteiger partial charge in [0.05, 0.1) is 16.6 Å². The molecule has 0 radical (unpaired) electrons. The third-order valence-electron chi connectivity index (χ3n) is 4.10. The van der Waals surface area contributed by atoms with Gasteiger partial charge in [0.2, 0.25) is 0 Å². The summed E-state index contributed by atoms with van der Waals surface area (Å²) in [4.78, 5) is 18.7. The summed E-state index contributed by atoms with van der Waals surface area (Å²) in [7, 11) is 1.94. The number of nitrogens with zero attached hydrogens (tertiary/aromatic N) is 3. The van der Waals surface area contributed by atoms with E-state index in [0.29, 0.717) is 17.3 Å². The number of carbonyl (C=O) groups is 1. The van der Waals surface area contributed by atoms with Gasteiger partial charge in [-0.2, -0.15) is 0 Å². The van der Waals surface area contributed by atoms with Crippen molar-refractivity contribution in [1.82, 2.24) is 20.4 Å². The molecule has 1 amide bonds. The molecule has 3 rings (SSSR count). The fraction of sp³-hybridized carbons (Fsp3) is 0.533. The van der Waals surface area contributed by atoms with E-state index in [1.54, 1.807) is 6.20 Å². The molecular formula is C15H20N4O2. The molecule has 0 saturated carbocycles. The van der Waals surface area contributed by atoms with Crippen molar-refractivity contribution >= 4 is 17.0 Å². The molecule has 1 N–H and O–H groups in total. The zero-order valence-corrected chi connectivity index (χ0v) is 12.4. The van der Waals surface area contributed by atoms with Crippen LogP contribution in [0.3, 0.4) is 0 Å². The van der Waals surface area contributed by atoms with Crippen LogP contribution < -0.4 is 5.32 Å². The van der Waals surface area contributed by atoms with Crippen LogP contribution in [-0.2, 0) is 6.42 Å². The smallest absolute Gasteiger partial charge is 0.257 e. The second-order valence-electron chi connectivity index (χ2n) is 5.44. The predicted molar refractivity (Wildman–Crippen MR) is 79.2 cm³/mol. The van der Waals surface area contributed by atoms with Crippen LogP contribution in [0, 0.1) is 0 Å². The Labute approximate surface area is 123 Å². The topological polar surface area (TPSA) is 71.3 Å². The molecule has 2 aromatic rings. The first-order valence-corrected chi connectivity index (χ1v) is 7.43. The van der Waals surface area contributed by atoms with Gasteiger partial charge < -0.3 is 14.7 Å². The van der Waals surface area contributed by atoms with Crippen molar-refractivity contribution in [3.8, 4) is 0 Å². The average Bonchev–Trinajstić information content (AvgIpc) is 2.96. The first kappa shape index (κ1) is 14.0. The van der Waals surface area contributed by atoms with Crippen LogP contribution in [0.1, 0.15) is 35.8 Å². The van der Waals surface area contributed by atoms with Gasteiger partial charge in [-0.1, -0.05) is 12.1 Å². The van der Waals surface area contributed by atoms with E-state index in [0.717, 1.165) is 43.4 Å². The summed E-state index contributed by atoms with van der Waals surface area (Å²) in [6, 6.07) is 2.23. The molecule has 1 unspecified atom stereocenters. The fourth-order valence-corrected chi connectivity index (χ4v) is 2.83. The number of carbonyl (C=O) groups excluding carboxylic acids is 1. The number of pyridine rings is 1. The van der Waals surface area contributed by atoms with Crippen molar-refractivity contribution in [3.63, 3.8) is 0 Å². The number of rotatable bonds is 3. The van der Waals surface area contributed by atoms with Crippen LogP contribution in [0.5, 0.6) is 0 Å². The summed E-state index contributed by atoms with van der Waals surface area (Å²) in [6.07, 6.45) is 4.49. The molecule has 6 heteroatoms. The summed E-state index contributed by atoms with van der Waals surface area (Å²) in [6.45, 7) is 3.56. The van der Waals surface area contributed by atoms with Crippen molar-refractivity contribution in [2.45, 2.75) is 32.2 Å². The lowest BCUT2D eigenvalue weighted by molar-refractivity contribution is 0.0698. The summed E-state index contributed by atoms with van der Waals surface area (Å²) >= 11 is 0. The molecule has 2 aromatic heterocycles. The first-order chi connectivity index (χ1) is 10.2. The van der Waals surface area contributed by atoms with Gasteiger partial charge in [-0.15, -0.1) is 0 Å². The second-order valence-corrected chi connectivity index (χ2v) is 5.44. The Kier molecular flexibility index (Phi) is 3.88. The average molecular weight is 288 g/mol. The van der Waals surface area contributed by atoms with Crippen molar-refractivity contribution < 1.29 is 9.32 Å². The molecular weight excluding hydrogens is 268 g/mol. The Balaban J connectivity index is 1.87. The number of fused-ring (bicyclic) bond motifs is 1. The fourth-order valence-electron chi connectivity index (χ4n) is 2.83. The largest absolute Gasteiger partial charge is 0.337 e. The number of aryl methyl sites for hydroxylation is 1. The maximum Gasteiger partial charge on any atom is 0.257 e. The number of piperidine rings is 1. The molecule has 1 aliphatic rings. The van der Waals surface area contributed by atoms with E-state index in [-0.39, 0.29) is 5.91 Å². The Morgan fingerprint density at radius 1 is 1.57 bits per heavy atom. The third kappa shape index (κ3) is 2.63. The van der Waals surface area contributed by atoms with Gasteiger partial charge in [0.25, 0.3) is 11.6 Å². The van der Waals surface area contributed by atoms with Gasteiger partial charge in [0.15, 0.2) is 0 Å². The molecule has 0 aromatic carbocycles. The van der Waals surface area contributed by atoms with Gasteiger partial charge in [0.1, 0.15) is 0 Å².